The van der Waals surface area contributed by atoms with Gasteiger partial charge in [0.1, 0.15) is 5.78 Å². The summed E-state index contributed by atoms with van der Waals surface area (Å²) in [6.45, 7) is 6.17. The quantitative estimate of drug-likeness (QED) is 0.665. The van der Waals surface area contributed by atoms with Crippen molar-refractivity contribution in [3.63, 3.8) is 0 Å². The highest BCUT2D eigenvalue weighted by Gasteiger charge is 2.07. The van der Waals surface area contributed by atoms with Crippen LogP contribution in [0.5, 0.6) is 0 Å². The molecule has 72 valence electrons. The van der Waals surface area contributed by atoms with E-state index in [0.717, 1.165) is 19.3 Å². The highest BCUT2D eigenvalue weighted by atomic mass is 16.1. The van der Waals surface area contributed by atoms with Gasteiger partial charge in [0.2, 0.25) is 0 Å². The fraction of sp³-hybridized carbons (Fsp3) is 0.900. The molecule has 2 atom stereocenters. The van der Waals surface area contributed by atoms with E-state index < -0.39 is 0 Å². The van der Waals surface area contributed by atoms with E-state index in [1.165, 1.54) is 0 Å². The van der Waals surface area contributed by atoms with Crippen molar-refractivity contribution in [2.75, 3.05) is 0 Å². The van der Waals surface area contributed by atoms with Crippen LogP contribution < -0.4 is 5.73 Å². The van der Waals surface area contributed by atoms with Crippen LogP contribution in [-0.4, -0.2) is 11.8 Å². The normalized spacial score (nSPS) is 15.7. The molecule has 0 aliphatic rings. The molecule has 0 aromatic carbocycles. The lowest BCUT2D eigenvalue weighted by Gasteiger charge is -2.07. The van der Waals surface area contributed by atoms with Crippen LogP contribution in [-0.2, 0) is 4.79 Å². The Hall–Kier alpha value is -0.370. The molecule has 0 heterocycles. The van der Waals surface area contributed by atoms with E-state index in [1.807, 2.05) is 6.92 Å². The van der Waals surface area contributed by atoms with Crippen molar-refractivity contribution in [3.05, 3.63) is 0 Å². The molecule has 2 heteroatoms. The largest absolute Gasteiger partial charge is 0.328 e. The van der Waals surface area contributed by atoms with Gasteiger partial charge >= 0.3 is 0 Å². The number of carbonyl (C=O) groups excluding carboxylic acids is 1. The lowest BCUT2D eigenvalue weighted by atomic mass is 9.99. The summed E-state index contributed by atoms with van der Waals surface area (Å²) in [7, 11) is 0. The average molecular weight is 171 g/mol. The molecule has 2 unspecified atom stereocenters. The van der Waals surface area contributed by atoms with Crippen LogP contribution in [0, 0.1) is 5.92 Å². The zero-order chi connectivity index (χ0) is 9.56. The lowest BCUT2D eigenvalue weighted by Crippen LogP contribution is -2.17. The van der Waals surface area contributed by atoms with E-state index in [2.05, 4.69) is 13.8 Å². The first kappa shape index (κ1) is 11.6. The van der Waals surface area contributed by atoms with E-state index in [-0.39, 0.29) is 6.04 Å². The number of hydrogen-bond donors (Lipinski definition) is 1. The average Bonchev–Trinajstić information content (AvgIpc) is 2.00. The first-order chi connectivity index (χ1) is 5.56. The molecule has 0 aliphatic heterocycles. The summed E-state index contributed by atoms with van der Waals surface area (Å²) < 4.78 is 0. The smallest absolute Gasteiger partial charge is 0.133 e. The Balaban J connectivity index is 3.46. The van der Waals surface area contributed by atoms with Gasteiger partial charge in [-0.15, -0.1) is 0 Å². The summed E-state index contributed by atoms with van der Waals surface area (Å²) in [5.74, 6) is 0.896. The molecule has 0 radical (unpaired) electrons. The van der Waals surface area contributed by atoms with Crippen LogP contribution >= 0.6 is 0 Å². The molecule has 12 heavy (non-hydrogen) atoms. The van der Waals surface area contributed by atoms with Crippen molar-refractivity contribution < 1.29 is 4.79 Å². The summed E-state index contributed by atoms with van der Waals surface area (Å²) in [5, 5.41) is 0. The summed E-state index contributed by atoms with van der Waals surface area (Å²) in [6, 6.07) is 0.158. The molecule has 0 rings (SSSR count). The van der Waals surface area contributed by atoms with Gasteiger partial charge in [0, 0.05) is 18.9 Å². The van der Waals surface area contributed by atoms with Gasteiger partial charge in [-0.25, -0.2) is 0 Å². The second kappa shape index (κ2) is 6.18. The topological polar surface area (TPSA) is 43.1 Å². The summed E-state index contributed by atoms with van der Waals surface area (Å²) in [4.78, 5) is 11.3. The molecule has 0 aliphatic carbocycles. The number of hydrogen-bond acceptors (Lipinski definition) is 2. The molecule has 0 saturated heterocycles. The molecule has 0 aromatic rings. The number of ketones is 1. The Morgan fingerprint density at radius 3 is 2.42 bits per heavy atom. The molecule has 0 aromatic heterocycles. The zero-order valence-electron chi connectivity index (χ0n) is 8.47. The molecular formula is C10H21NO. The van der Waals surface area contributed by atoms with Crippen molar-refractivity contribution in [3.8, 4) is 0 Å². The summed E-state index contributed by atoms with van der Waals surface area (Å²) in [6.07, 6.45) is 3.30. The van der Waals surface area contributed by atoms with Gasteiger partial charge in [0.05, 0.1) is 0 Å². The zero-order valence-corrected chi connectivity index (χ0v) is 8.47. The Kier molecular flexibility index (Phi) is 5.99. The Bertz CT molecular complexity index is 132. The standard InChI is InChI=1S/C10H21NO/c1-4-8(2)7-10(12)6-5-9(3)11/h8-9H,4-7,11H2,1-3H3. The number of nitrogens with two attached hydrogens (primary N) is 1. The number of rotatable bonds is 6. The molecular weight excluding hydrogens is 150 g/mol. The first-order valence-corrected chi connectivity index (χ1v) is 4.83. The van der Waals surface area contributed by atoms with Gasteiger partial charge in [-0.3, -0.25) is 4.79 Å². The second-order valence-corrected chi connectivity index (χ2v) is 3.77. The van der Waals surface area contributed by atoms with Gasteiger partial charge in [0.25, 0.3) is 0 Å². The Morgan fingerprint density at radius 1 is 1.42 bits per heavy atom. The summed E-state index contributed by atoms with van der Waals surface area (Å²) >= 11 is 0. The SMILES string of the molecule is CCC(C)CC(=O)CCC(C)N. The predicted molar refractivity (Wildman–Crippen MR) is 52.0 cm³/mol. The third kappa shape index (κ3) is 6.35. The minimum Gasteiger partial charge on any atom is -0.328 e. The van der Waals surface area contributed by atoms with Crippen molar-refractivity contribution in [2.24, 2.45) is 11.7 Å². The van der Waals surface area contributed by atoms with Gasteiger partial charge in [-0.2, -0.15) is 0 Å². The summed E-state index contributed by atoms with van der Waals surface area (Å²) in [5.41, 5.74) is 5.55. The lowest BCUT2D eigenvalue weighted by molar-refractivity contribution is -0.120. The molecule has 0 saturated carbocycles. The van der Waals surface area contributed by atoms with E-state index in [1.54, 1.807) is 0 Å². The molecule has 2 N–H and O–H groups in total. The minimum absolute atomic E-state index is 0.158. The third-order valence-corrected chi connectivity index (χ3v) is 2.15. The van der Waals surface area contributed by atoms with E-state index in [0.29, 0.717) is 18.1 Å². The van der Waals surface area contributed by atoms with Crippen molar-refractivity contribution in [1.82, 2.24) is 0 Å². The molecule has 0 spiro atoms. The molecule has 0 fully saturated rings. The third-order valence-electron chi connectivity index (χ3n) is 2.15. The van der Waals surface area contributed by atoms with E-state index in [9.17, 15) is 4.79 Å². The highest BCUT2D eigenvalue weighted by molar-refractivity contribution is 5.78. The molecule has 0 bridgehead atoms. The first-order valence-electron chi connectivity index (χ1n) is 4.83. The molecule has 2 nitrogen and oxygen atoms in total. The van der Waals surface area contributed by atoms with E-state index in [4.69, 9.17) is 5.73 Å². The maximum atomic E-state index is 11.3. The minimum atomic E-state index is 0.158. The predicted octanol–water partition coefficient (Wildman–Crippen LogP) is 2.12. The number of carbonyl (C=O) groups is 1. The van der Waals surface area contributed by atoms with Crippen molar-refractivity contribution >= 4 is 5.78 Å². The van der Waals surface area contributed by atoms with Crippen LogP contribution in [0.25, 0.3) is 0 Å². The Labute approximate surface area is 75.5 Å². The van der Waals surface area contributed by atoms with Crippen molar-refractivity contribution in [1.29, 1.82) is 0 Å². The Morgan fingerprint density at radius 2 is 2.00 bits per heavy atom. The number of Topliss-reactive ketones (excluding diaryl/α,β-unsaturated/α-hetero) is 1. The maximum absolute atomic E-state index is 11.3. The van der Waals surface area contributed by atoms with Gasteiger partial charge < -0.3 is 5.73 Å². The highest BCUT2D eigenvalue weighted by Crippen LogP contribution is 2.09. The fourth-order valence-electron chi connectivity index (χ4n) is 1.02. The second-order valence-electron chi connectivity index (χ2n) is 3.77. The monoisotopic (exact) mass is 171 g/mol. The van der Waals surface area contributed by atoms with Crippen LogP contribution in [0.3, 0.4) is 0 Å². The van der Waals surface area contributed by atoms with Crippen LogP contribution in [0.2, 0.25) is 0 Å². The van der Waals surface area contributed by atoms with Gasteiger partial charge in [-0.05, 0) is 19.3 Å². The maximum Gasteiger partial charge on any atom is 0.133 e. The van der Waals surface area contributed by atoms with Crippen molar-refractivity contribution in [2.45, 2.75) is 52.5 Å². The van der Waals surface area contributed by atoms with Gasteiger partial charge in [0.15, 0.2) is 0 Å². The van der Waals surface area contributed by atoms with E-state index >= 15 is 0 Å². The van der Waals surface area contributed by atoms with Crippen LogP contribution in [0.15, 0.2) is 0 Å². The fourth-order valence-corrected chi connectivity index (χ4v) is 1.02. The van der Waals surface area contributed by atoms with Crippen LogP contribution in [0.4, 0.5) is 0 Å². The van der Waals surface area contributed by atoms with Crippen LogP contribution in [0.1, 0.15) is 46.5 Å². The molecule has 0 amide bonds. The van der Waals surface area contributed by atoms with Gasteiger partial charge in [-0.1, -0.05) is 20.3 Å².